The van der Waals surface area contributed by atoms with E-state index < -0.39 is 10.8 Å². The van der Waals surface area contributed by atoms with E-state index in [1.807, 2.05) is 0 Å². The van der Waals surface area contributed by atoms with Gasteiger partial charge in [-0.2, -0.15) is 0 Å². The fourth-order valence-corrected chi connectivity index (χ4v) is 4.56. The predicted molar refractivity (Wildman–Crippen MR) is 121 cm³/mol. The lowest BCUT2D eigenvalue weighted by Gasteiger charge is -2.26. The fourth-order valence-electron chi connectivity index (χ4n) is 3.95. The first kappa shape index (κ1) is 21.6. The lowest BCUT2D eigenvalue weighted by atomic mass is 9.93. The van der Waals surface area contributed by atoms with Crippen LogP contribution in [0.2, 0.25) is 0 Å². The summed E-state index contributed by atoms with van der Waals surface area (Å²) in [6, 6.07) is 4.34. The lowest BCUT2D eigenvalue weighted by Crippen LogP contribution is -2.37. The van der Waals surface area contributed by atoms with Crippen LogP contribution in [0.1, 0.15) is 36.5 Å². The average Bonchev–Trinajstić information content (AvgIpc) is 3.19. The van der Waals surface area contributed by atoms with Gasteiger partial charge in [0.05, 0.1) is 42.1 Å². The zero-order valence-electron chi connectivity index (χ0n) is 18.6. The van der Waals surface area contributed by atoms with Crippen molar-refractivity contribution in [2.45, 2.75) is 38.8 Å². The van der Waals surface area contributed by atoms with Crippen LogP contribution in [0.5, 0.6) is 0 Å². The highest BCUT2D eigenvalue weighted by atomic mass is 32.2. The summed E-state index contributed by atoms with van der Waals surface area (Å²) in [5.74, 6) is 1.69. The second-order valence-corrected chi connectivity index (χ2v) is 9.39. The molecule has 0 N–H and O–H groups in total. The maximum atomic E-state index is 12.4. The summed E-state index contributed by atoms with van der Waals surface area (Å²) in [6.45, 7) is 11.4. The molecular weight excluding hydrogens is 412 g/mol. The topological polar surface area (TPSA) is 86.0 Å². The normalized spacial score (nSPS) is 15.5. The van der Waals surface area contributed by atoms with Crippen LogP contribution in [0.3, 0.4) is 0 Å². The van der Waals surface area contributed by atoms with Gasteiger partial charge in [-0.3, -0.25) is 8.78 Å². The monoisotopic (exact) mass is 440 g/mol. The molecule has 1 saturated heterocycles. The molecule has 1 aromatic carbocycles. The molecule has 0 aliphatic carbocycles. The second-order valence-electron chi connectivity index (χ2n) is 8.11. The van der Waals surface area contributed by atoms with E-state index in [0.717, 1.165) is 24.2 Å². The number of hydrogen-bond donors (Lipinski definition) is 0. The predicted octanol–water partition coefficient (Wildman–Crippen LogP) is 3.04. The molecule has 2 aromatic heterocycles. The highest BCUT2D eigenvalue weighted by Crippen LogP contribution is 2.31. The van der Waals surface area contributed by atoms with Gasteiger partial charge in [0, 0.05) is 24.9 Å². The number of aryl methyl sites for hydroxylation is 2. The van der Waals surface area contributed by atoms with Crippen LogP contribution in [-0.2, 0) is 15.5 Å². The summed E-state index contributed by atoms with van der Waals surface area (Å²) in [7, 11) is -1.32. The highest BCUT2D eigenvalue weighted by Gasteiger charge is 2.22. The molecule has 31 heavy (non-hydrogen) atoms. The Morgan fingerprint density at radius 3 is 2.32 bits per heavy atom. The summed E-state index contributed by atoms with van der Waals surface area (Å²) >= 11 is 0. The smallest absolute Gasteiger partial charge is 0.226 e. The molecule has 0 spiro atoms. The number of aromatic nitrogens is 5. The molecule has 1 fully saturated rings. The molecule has 0 amide bonds. The summed E-state index contributed by atoms with van der Waals surface area (Å²) in [5, 5.41) is 9.05. The number of rotatable bonds is 5. The SMILES string of the molecule is Cc1cc(C)c(C(C)C)cc1-c1nnc(S(C)=O)n1-c1cnc(N2CCOCC2)nc1. The van der Waals surface area contributed by atoms with Crippen molar-refractivity contribution in [2.24, 2.45) is 0 Å². The van der Waals surface area contributed by atoms with Gasteiger partial charge in [0.2, 0.25) is 11.1 Å². The molecule has 8 nitrogen and oxygen atoms in total. The first-order valence-corrected chi connectivity index (χ1v) is 12.0. The minimum atomic E-state index is -1.32. The quantitative estimate of drug-likeness (QED) is 0.603. The van der Waals surface area contributed by atoms with Gasteiger partial charge in [0.15, 0.2) is 5.82 Å². The van der Waals surface area contributed by atoms with Gasteiger partial charge in [0.1, 0.15) is 0 Å². The molecular formula is C22H28N6O2S. The van der Waals surface area contributed by atoms with E-state index in [0.29, 0.717) is 41.7 Å². The van der Waals surface area contributed by atoms with Gasteiger partial charge in [-0.05, 0) is 42.5 Å². The van der Waals surface area contributed by atoms with Crippen LogP contribution in [0.4, 0.5) is 5.95 Å². The first-order chi connectivity index (χ1) is 14.9. The van der Waals surface area contributed by atoms with Crippen molar-refractivity contribution in [1.82, 2.24) is 24.7 Å². The number of hydrogen-bond acceptors (Lipinski definition) is 7. The molecule has 4 rings (SSSR count). The molecule has 9 heteroatoms. The molecule has 1 aliphatic rings. The Bertz CT molecular complexity index is 1100. The van der Waals surface area contributed by atoms with Crippen LogP contribution < -0.4 is 4.90 Å². The van der Waals surface area contributed by atoms with Crippen molar-refractivity contribution >= 4 is 16.7 Å². The maximum absolute atomic E-state index is 12.4. The van der Waals surface area contributed by atoms with E-state index >= 15 is 0 Å². The second kappa shape index (κ2) is 8.84. The molecule has 1 aliphatic heterocycles. The molecule has 1 atom stereocenters. The fraction of sp³-hybridized carbons (Fsp3) is 0.455. The number of ether oxygens (including phenoxy) is 1. The van der Waals surface area contributed by atoms with Crippen molar-refractivity contribution in [2.75, 3.05) is 37.5 Å². The zero-order valence-corrected chi connectivity index (χ0v) is 19.4. The maximum Gasteiger partial charge on any atom is 0.226 e. The minimum Gasteiger partial charge on any atom is -0.378 e. The molecule has 3 aromatic rings. The largest absolute Gasteiger partial charge is 0.378 e. The van der Waals surface area contributed by atoms with Gasteiger partial charge in [-0.25, -0.2) is 9.97 Å². The molecule has 3 heterocycles. The Morgan fingerprint density at radius 2 is 1.71 bits per heavy atom. The summed E-state index contributed by atoms with van der Waals surface area (Å²) in [6.07, 6.45) is 5.09. The van der Waals surface area contributed by atoms with Gasteiger partial charge in [0.25, 0.3) is 0 Å². The number of nitrogens with zero attached hydrogens (tertiary/aromatic N) is 6. The summed E-state index contributed by atoms with van der Waals surface area (Å²) < 4.78 is 19.6. The van der Waals surface area contributed by atoms with E-state index in [9.17, 15) is 4.21 Å². The van der Waals surface area contributed by atoms with E-state index in [1.165, 1.54) is 11.1 Å². The molecule has 0 radical (unpaired) electrons. The first-order valence-electron chi connectivity index (χ1n) is 10.4. The molecule has 164 valence electrons. The Balaban J connectivity index is 1.81. The number of morpholine rings is 1. The Kier molecular flexibility index (Phi) is 6.15. The Hall–Kier alpha value is -2.65. The van der Waals surface area contributed by atoms with Gasteiger partial charge >= 0.3 is 0 Å². The van der Waals surface area contributed by atoms with Gasteiger partial charge in [-0.15, -0.1) is 10.2 Å². The van der Waals surface area contributed by atoms with Crippen molar-refractivity contribution in [3.05, 3.63) is 41.2 Å². The standard InChI is InChI=1S/C22H28N6O2S/c1-14(2)18-11-19(16(4)10-15(18)3)20-25-26-22(31(5)29)28(20)17-12-23-21(24-13-17)27-6-8-30-9-7-27/h10-14H,6-9H2,1-5H3. The zero-order chi connectivity index (χ0) is 22.1. The third kappa shape index (κ3) is 4.24. The molecule has 0 bridgehead atoms. The van der Waals surface area contributed by atoms with Gasteiger partial charge < -0.3 is 9.64 Å². The van der Waals surface area contributed by atoms with Crippen LogP contribution in [0, 0.1) is 13.8 Å². The van der Waals surface area contributed by atoms with E-state index in [-0.39, 0.29) is 0 Å². The average molecular weight is 441 g/mol. The lowest BCUT2D eigenvalue weighted by molar-refractivity contribution is 0.122. The molecule has 1 unspecified atom stereocenters. The minimum absolute atomic E-state index is 0.379. The van der Waals surface area contributed by atoms with Crippen molar-refractivity contribution in [3.8, 4) is 17.1 Å². The van der Waals surface area contributed by atoms with Crippen LogP contribution in [0.15, 0.2) is 29.7 Å². The van der Waals surface area contributed by atoms with Crippen LogP contribution >= 0.6 is 0 Å². The van der Waals surface area contributed by atoms with E-state index in [4.69, 9.17) is 4.74 Å². The Labute approximate surface area is 185 Å². The van der Waals surface area contributed by atoms with Crippen molar-refractivity contribution in [1.29, 1.82) is 0 Å². The summed E-state index contributed by atoms with van der Waals surface area (Å²) in [4.78, 5) is 11.2. The third-order valence-corrected chi connectivity index (χ3v) is 6.32. The van der Waals surface area contributed by atoms with Crippen molar-refractivity contribution < 1.29 is 8.95 Å². The van der Waals surface area contributed by atoms with Crippen molar-refractivity contribution in [3.63, 3.8) is 0 Å². The van der Waals surface area contributed by atoms with E-state index in [2.05, 4.69) is 64.9 Å². The third-order valence-electron chi connectivity index (χ3n) is 5.54. The number of benzene rings is 1. The Morgan fingerprint density at radius 1 is 1.03 bits per heavy atom. The van der Waals surface area contributed by atoms with Crippen LogP contribution in [0.25, 0.3) is 17.1 Å². The van der Waals surface area contributed by atoms with Gasteiger partial charge in [-0.1, -0.05) is 19.9 Å². The van der Waals surface area contributed by atoms with E-state index in [1.54, 1.807) is 23.2 Å². The molecule has 0 saturated carbocycles. The number of anilines is 1. The summed E-state index contributed by atoms with van der Waals surface area (Å²) in [5.41, 5.74) is 5.26. The highest BCUT2D eigenvalue weighted by molar-refractivity contribution is 7.84. The van der Waals surface area contributed by atoms with Crippen LogP contribution in [-0.4, -0.2) is 61.5 Å².